The lowest BCUT2D eigenvalue weighted by Gasteiger charge is -2.29. The van der Waals surface area contributed by atoms with Crippen LogP contribution in [-0.2, 0) is 16.9 Å². The van der Waals surface area contributed by atoms with Gasteiger partial charge >= 0.3 is 6.03 Å². The topological polar surface area (TPSA) is 50.4 Å². The predicted octanol–water partition coefficient (Wildman–Crippen LogP) is 3.70. The largest absolute Gasteiger partial charge is 0.372 e. The molecule has 23 heavy (non-hydrogen) atoms. The van der Waals surface area contributed by atoms with Crippen molar-refractivity contribution in [3.8, 4) is 0 Å². The molecule has 0 saturated carbocycles. The highest BCUT2D eigenvalue weighted by atomic mass is 35.5. The van der Waals surface area contributed by atoms with Gasteiger partial charge in [-0.2, -0.15) is 0 Å². The zero-order valence-corrected chi connectivity index (χ0v) is 14.1. The average Bonchev–Trinajstić information content (AvgIpc) is 2.58. The van der Waals surface area contributed by atoms with Gasteiger partial charge in [-0.1, -0.05) is 54.1 Å². The molecule has 0 aliphatic carbocycles. The van der Waals surface area contributed by atoms with E-state index < -0.39 is 5.60 Å². The minimum absolute atomic E-state index is 0.237. The SMILES string of the molecule is COC(C)(CNC(=O)NCc1ccccc1)c1cccc(Cl)c1. The zero-order chi connectivity index (χ0) is 16.7. The number of benzene rings is 2. The quantitative estimate of drug-likeness (QED) is 0.847. The van der Waals surface area contributed by atoms with Crippen LogP contribution in [0.4, 0.5) is 4.79 Å². The standard InChI is InChI=1S/C18H21ClN2O2/c1-18(23-2,15-9-6-10-16(19)11-15)13-21-17(22)20-12-14-7-4-3-5-8-14/h3-11H,12-13H2,1-2H3,(H2,20,21,22). The van der Waals surface area contributed by atoms with E-state index in [1.165, 1.54) is 0 Å². The first-order chi connectivity index (χ1) is 11.0. The fourth-order valence-corrected chi connectivity index (χ4v) is 2.39. The molecule has 2 aromatic carbocycles. The number of hydrogen-bond donors (Lipinski definition) is 2. The molecule has 2 amide bonds. The molecule has 0 aliphatic rings. The van der Waals surface area contributed by atoms with Crippen molar-refractivity contribution in [2.75, 3.05) is 13.7 Å². The van der Waals surface area contributed by atoms with E-state index in [2.05, 4.69) is 10.6 Å². The highest BCUT2D eigenvalue weighted by Crippen LogP contribution is 2.26. The van der Waals surface area contributed by atoms with Gasteiger partial charge in [-0.25, -0.2) is 4.79 Å². The summed E-state index contributed by atoms with van der Waals surface area (Å²) in [5.41, 5.74) is 1.32. The molecule has 0 aromatic heterocycles. The Hall–Kier alpha value is -2.04. The molecular formula is C18H21ClN2O2. The van der Waals surface area contributed by atoms with Crippen molar-refractivity contribution in [1.82, 2.24) is 10.6 Å². The number of nitrogens with one attached hydrogen (secondary N) is 2. The number of urea groups is 1. The van der Waals surface area contributed by atoms with Gasteiger partial charge in [0.05, 0.1) is 6.54 Å². The van der Waals surface area contributed by atoms with Gasteiger partial charge in [0, 0.05) is 18.7 Å². The average molecular weight is 333 g/mol. The highest BCUT2D eigenvalue weighted by molar-refractivity contribution is 6.30. The Labute approximate surface area is 141 Å². The Morgan fingerprint density at radius 3 is 2.52 bits per heavy atom. The van der Waals surface area contributed by atoms with Crippen LogP contribution < -0.4 is 10.6 Å². The monoisotopic (exact) mass is 332 g/mol. The number of hydrogen-bond acceptors (Lipinski definition) is 2. The van der Waals surface area contributed by atoms with Crippen LogP contribution in [0.15, 0.2) is 54.6 Å². The van der Waals surface area contributed by atoms with Gasteiger partial charge in [0.25, 0.3) is 0 Å². The Balaban J connectivity index is 1.90. The lowest BCUT2D eigenvalue weighted by Crippen LogP contribution is -2.44. The highest BCUT2D eigenvalue weighted by Gasteiger charge is 2.27. The lowest BCUT2D eigenvalue weighted by atomic mass is 9.96. The molecule has 0 spiro atoms. The molecule has 0 heterocycles. The molecule has 0 radical (unpaired) electrons. The van der Waals surface area contributed by atoms with E-state index in [0.717, 1.165) is 11.1 Å². The minimum Gasteiger partial charge on any atom is -0.372 e. The van der Waals surface area contributed by atoms with Crippen LogP contribution >= 0.6 is 11.6 Å². The number of rotatable bonds is 6. The van der Waals surface area contributed by atoms with Crippen LogP contribution in [0, 0.1) is 0 Å². The maximum absolute atomic E-state index is 12.0. The van der Waals surface area contributed by atoms with Crippen molar-refractivity contribution >= 4 is 17.6 Å². The second-order valence-corrected chi connectivity index (χ2v) is 5.90. The molecule has 5 heteroatoms. The second kappa shape index (κ2) is 7.99. The Kier molecular flexibility index (Phi) is 6.02. The number of ether oxygens (including phenoxy) is 1. The van der Waals surface area contributed by atoms with Crippen molar-refractivity contribution in [2.24, 2.45) is 0 Å². The van der Waals surface area contributed by atoms with Crippen molar-refractivity contribution < 1.29 is 9.53 Å². The van der Waals surface area contributed by atoms with Crippen molar-refractivity contribution in [3.63, 3.8) is 0 Å². The van der Waals surface area contributed by atoms with E-state index in [4.69, 9.17) is 16.3 Å². The maximum Gasteiger partial charge on any atom is 0.315 e. The summed E-state index contributed by atoms with van der Waals surface area (Å²) in [5.74, 6) is 0. The van der Waals surface area contributed by atoms with Crippen LogP contribution in [0.25, 0.3) is 0 Å². The smallest absolute Gasteiger partial charge is 0.315 e. The summed E-state index contributed by atoms with van der Waals surface area (Å²) in [6.45, 7) is 2.73. The summed E-state index contributed by atoms with van der Waals surface area (Å²) >= 11 is 6.03. The van der Waals surface area contributed by atoms with Crippen LogP contribution in [0.5, 0.6) is 0 Å². The van der Waals surface area contributed by atoms with E-state index in [1.807, 2.05) is 55.5 Å². The molecule has 2 aromatic rings. The second-order valence-electron chi connectivity index (χ2n) is 5.47. The van der Waals surface area contributed by atoms with Gasteiger partial charge in [-0.15, -0.1) is 0 Å². The van der Waals surface area contributed by atoms with Crippen LogP contribution in [0.2, 0.25) is 5.02 Å². The van der Waals surface area contributed by atoms with Gasteiger partial charge in [0.2, 0.25) is 0 Å². The molecule has 4 nitrogen and oxygen atoms in total. The van der Waals surface area contributed by atoms with E-state index in [1.54, 1.807) is 13.2 Å². The first-order valence-corrected chi connectivity index (χ1v) is 7.78. The van der Waals surface area contributed by atoms with Gasteiger partial charge in [-0.3, -0.25) is 0 Å². The summed E-state index contributed by atoms with van der Waals surface area (Å²) in [6, 6.07) is 17.0. The first-order valence-electron chi connectivity index (χ1n) is 7.40. The molecule has 0 bridgehead atoms. The normalized spacial score (nSPS) is 13.2. The van der Waals surface area contributed by atoms with Crippen LogP contribution in [0.1, 0.15) is 18.1 Å². The summed E-state index contributed by atoms with van der Waals surface area (Å²) < 4.78 is 5.59. The molecule has 0 saturated heterocycles. The molecule has 2 N–H and O–H groups in total. The molecule has 1 atom stereocenters. The Morgan fingerprint density at radius 1 is 1.13 bits per heavy atom. The molecule has 1 unspecified atom stereocenters. The maximum atomic E-state index is 12.0. The van der Waals surface area contributed by atoms with E-state index >= 15 is 0 Å². The van der Waals surface area contributed by atoms with Crippen molar-refractivity contribution in [2.45, 2.75) is 19.1 Å². The molecule has 0 aliphatic heterocycles. The third-order valence-electron chi connectivity index (χ3n) is 3.77. The van der Waals surface area contributed by atoms with Crippen LogP contribution in [0.3, 0.4) is 0 Å². The number of methoxy groups -OCH3 is 1. The van der Waals surface area contributed by atoms with E-state index in [0.29, 0.717) is 18.1 Å². The fourth-order valence-electron chi connectivity index (χ4n) is 2.20. The number of halogens is 1. The summed E-state index contributed by atoms with van der Waals surface area (Å²) in [5, 5.41) is 6.31. The lowest BCUT2D eigenvalue weighted by molar-refractivity contribution is 0.00488. The number of carbonyl (C=O) groups is 1. The Morgan fingerprint density at radius 2 is 1.87 bits per heavy atom. The number of amides is 2. The third-order valence-corrected chi connectivity index (χ3v) is 4.00. The summed E-state index contributed by atoms with van der Waals surface area (Å²) in [6.07, 6.45) is 0. The molecule has 0 fully saturated rings. The fraction of sp³-hybridized carbons (Fsp3) is 0.278. The van der Waals surface area contributed by atoms with Gasteiger partial charge < -0.3 is 15.4 Å². The van der Waals surface area contributed by atoms with Crippen molar-refractivity contribution in [1.29, 1.82) is 0 Å². The third kappa shape index (κ3) is 4.98. The summed E-state index contributed by atoms with van der Waals surface area (Å²) in [7, 11) is 1.62. The Bertz CT molecular complexity index is 648. The summed E-state index contributed by atoms with van der Waals surface area (Å²) in [4.78, 5) is 12.0. The first kappa shape index (κ1) is 17.3. The van der Waals surface area contributed by atoms with Gasteiger partial charge in [0.1, 0.15) is 5.60 Å². The van der Waals surface area contributed by atoms with Crippen molar-refractivity contribution in [3.05, 3.63) is 70.7 Å². The number of carbonyl (C=O) groups excluding carboxylic acids is 1. The van der Waals surface area contributed by atoms with Crippen LogP contribution in [-0.4, -0.2) is 19.7 Å². The van der Waals surface area contributed by atoms with E-state index in [9.17, 15) is 4.79 Å². The predicted molar refractivity (Wildman–Crippen MR) is 92.5 cm³/mol. The molecule has 2 rings (SSSR count). The van der Waals surface area contributed by atoms with Gasteiger partial charge in [-0.05, 0) is 30.2 Å². The van der Waals surface area contributed by atoms with E-state index in [-0.39, 0.29) is 6.03 Å². The minimum atomic E-state index is -0.644. The molecular weight excluding hydrogens is 312 g/mol. The molecule has 122 valence electrons. The zero-order valence-electron chi connectivity index (χ0n) is 13.3. The van der Waals surface area contributed by atoms with Gasteiger partial charge in [0.15, 0.2) is 0 Å².